The number of esters is 1. The molecule has 0 fully saturated rings. The molecule has 1 aromatic carbocycles. The van der Waals surface area contributed by atoms with E-state index in [9.17, 15) is 9.90 Å². The van der Waals surface area contributed by atoms with Gasteiger partial charge in [0.1, 0.15) is 0 Å². The first kappa shape index (κ1) is 11.9. The minimum absolute atomic E-state index is 0.237. The predicted molar refractivity (Wildman–Crippen MR) is 59.6 cm³/mol. The van der Waals surface area contributed by atoms with Crippen molar-refractivity contribution < 1.29 is 14.6 Å². The summed E-state index contributed by atoms with van der Waals surface area (Å²) in [4.78, 5) is 11.7. The van der Waals surface area contributed by atoms with Crippen LogP contribution in [-0.2, 0) is 9.53 Å². The first-order chi connectivity index (χ1) is 7.15. The highest BCUT2D eigenvalue weighted by molar-refractivity contribution is 7.99. The molecule has 0 bridgehead atoms. The highest BCUT2D eigenvalue weighted by atomic mass is 32.2. The summed E-state index contributed by atoms with van der Waals surface area (Å²) in [5, 5.41) is 9.33. The highest BCUT2D eigenvalue weighted by Crippen LogP contribution is 2.24. The molecule has 1 atom stereocenters. The van der Waals surface area contributed by atoms with E-state index in [1.54, 1.807) is 6.07 Å². The maximum atomic E-state index is 10.9. The number of carbonyl (C=O) groups is 1. The van der Waals surface area contributed by atoms with E-state index in [1.807, 2.05) is 18.2 Å². The summed E-state index contributed by atoms with van der Waals surface area (Å²) in [6.07, 6.45) is -1.11. The topological polar surface area (TPSA) is 72.5 Å². The number of aliphatic hydroxyl groups excluding tert-OH is 1. The van der Waals surface area contributed by atoms with Gasteiger partial charge in [0.2, 0.25) is 0 Å². The molecule has 0 radical (unpaired) electrons. The Morgan fingerprint density at radius 3 is 2.87 bits per heavy atom. The molecule has 0 aliphatic rings. The van der Waals surface area contributed by atoms with Crippen molar-refractivity contribution in [1.82, 2.24) is 0 Å². The van der Waals surface area contributed by atoms with E-state index in [2.05, 4.69) is 4.74 Å². The third-order valence-electron chi connectivity index (χ3n) is 1.79. The van der Waals surface area contributed by atoms with Crippen LogP contribution in [0.25, 0.3) is 0 Å². The van der Waals surface area contributed by atoms with E-state index in [-0.39, 0.29) is 5.75 Å². The lowest BCUT2D eigenvalue weighted by Crippen LogP contribution is -2.24. The van der Waals surface area contributed by atoms with Crippen LogP contribution in [0.3, 0.4) is 0 Å². The second-order valence-electron chi connectivity index (χ2n) is 2.89. The van der Waals surface area contributed by atoms with Crippen molar-refractivity contribution in [2.24, 2.45) is 0 Å². The van der Waals surface area contributed by atoms with Gasteiger partial charge in [0.25, 0.3) is 0 Å². The average Bonchev–Trinajstić information content (AvgIpc) is 2.26. The lowest BCUT2D eigenvalue weighted by molar-refractivity contribution is -0.149. The number of rotatable bonds is 4. The number of thioether (sulfide) groups is 1. The zero-order valence-electron chi connectivity index (χ0n) is 8.34. The van der Waals surface area contributed by atoms with Gasteiger partial charge in [-0.2, -0.15) is 0 Å². The summed E-state index contributed by atoms with van der Waals surface area (Å²) >= 11 is 1.32. The molecule has 1 rings (SSSR count). The van der Waals surface area contributed by atoms with Crippen molar-refractivity contribution in [2.45, 2.75) is 11.0 Å². The lowest BCUT2D eigenvalue weighted by atomic mass is 10.3. The first-order valence-corrected chi connectivity index (χ1v) is 5.37. The van der Waals surface area contributed by atoms with Gasteiger partial charge in [-0.15, -0.1) is 11.8 Å². The Morgan fingerprint density at radius 1 is 1.60 bits per heavy atom. The van der Waals surface area contributed by atoms with Crippen LogP contribution < -0.4 is 5.73 Å². The number of aliphatic hydroxyl groups is 1. The molecule has 82 valence electrons. The fourth-order valence-corrected chi connectivity index (χ4v) is 1.87. The zero-order chi connectivity index (χ0) is 11.3. The van der Waals surface area contributed by atoms with Crippen LogP contribution in [0.15, 0.2) is 29.2 Å². The quantitative estimate of drug-likeness (QED) is 0.454. The number of nitrogen functional groups attached to an aromatic ring is 1. The Balaban J connectivity index is 2.50. The van der Waals surface area contributed by atoms with Crippen LogP contribution in [0.2, 0.25) is 0 Å². The van der Waals surface area contributed by atoms with Crippen LogP contribution in [0.5, 0.6) is 0 Å². The van der Waals surface area contributed by atoms with Crippen molar-refractivity contribution in [3.63, 3.8) is 0 Å². The average molecular weight is 227 g/mol. The Kier molecular flexibility index (Phi) is 4.45. The molecule has 0 saturated heterocycles. The number of methoxy groups -OCH3 is 1. The fraction of sp³-hybridized carbons (Fsp3) is 0.300. The molecular weight excluding hydrogens is 214 g/mol. The summed E-state index contributed by atoms with van der Waals surface area (Å²) < 4.78 is 4.40. The molecule has 0 aliphatic heterocycles. The van der Waals surface area contributed by atoms with Crippen molar-refractivity contribution in [2.75, 3.05) is 18.6 Å². The van der Waals surface area contributed by atoms with Gasteiger partial charge in [-0.05, 0) is 12.1 Å². The molecule has 4 nitrogen and oxygen atoms in total. The van der Waals surface area contributed by atoms with Gasteiger partial charge in [-0.25, -0.2) is 4.79 Å². The minimum atomic E-state index is -1.11. The minimum Gasteiger partial charge on any atom is -0.467 e. The fourth-order valence-electron chi connectivity index (χ4n) is 0.985. The van der Waals surface area contributed by atoms with Crippen molar-refractivity contribution in [3.05, 3.63) is 24.3 Å². The highest BCUT2D eigenvalue weighted by Gasteiger charge is 2.15. The van der Waals surface area contributed by atoms with Crippen LogP contribution >= 0.6 is 11.8 Å². The van der Waals surface area contributed by atoms with E-state index >= 15 is 0 Å². The SMILES string of the molecule is COC(=O)C(O)CSc1ccccc1N. The third-order valence-corrected chi connectivity index (χ3v) is 2.95. The molecule has 1 aromatic rings. The van der Waals surface area contributed by atoms with Crippen LogP contribution in [-0.4, -0.2) is 30.0 Å². The maximum Gasteiger partial charge on any atom is 0.335 e. The third kappa shape index (κ3) is 3.45. The van der Waals surface area contributed by atoms with E-state index in [0.717, 1.165) is 4.90 Å². The van der Waals surface area contributed by atoms with Crippen molar-refractivity contribution in [1.29, 1.82) is 0 Å². The first-order valence-electron chi connectivity index (χ1n) is 4.38. The molecule has 0 aliphatic carbocycles. The van der Waals surface area contributed by atoms with Crippen molar-refractivity contribution in [3.8, 4) is 0 Å². The summed E-state index contributed by atoms with van der Waals surface area (Å²) in [5.41, 5.74) is 6.34. The number of benzene rings is 1. The summed E-state index contributed by atoms with van der Waals surface area (Å²) in [6, 6.07) is 7.29. The molecule has 1 unspecified atom stereocenters. The molecule has 0 heterocycles. The van der Waals surface area contributed by atoms with E-state index in [1.165, 1.54) is 18.9 Å². The molecule has 0 spiro atoms. The van der Waals surface area contributed by atoms with E-state index < -0.39 is 12.1 Å². The van der Waals surface area contributed by atoms with Crippen LogP contribution in [0.1, 0.15) is 0 Å². The summed E-state index contributed by atoms with van der Waals surface area (Å²) in [6.45, 7) is 0. The largest absolute Gasteiger partial charge is 0.467 e. The number of ether oxygens (including phenoxy) is 1. The summed E-state index contributed by atoms with van der Waals surface area (Å²) in [7, 11) is 1.24. The Bertz CT molecular complexity index is 343. The molecule has 5 heteroatoms. The zero-order valence-corrected chi connectivity index (χ0v) is 9.16. The van der Waals surface area contributed by atoms with Gasteiger partial charge in [-0.1, -0.05) is 12.1 Å². The second kappa shape index (κ2) is 5.63. The number of nitrogens with two attached hydrogens (primary N) is 1. The monoisotopic (exact) mass is 227 g/mol. The molecule has 0 amide bonds. The normalized spacial score (nSPS) is 12.1. The molecule has 3 N–H and O–H groups in total. The number of hydrogen-bond acceptors (Lipinski definition) is 5. The molecule has 15 heavy (non-hydrogen) atoms. The Hall–Kier alpha value is -1.20. The lowest BCUT2D eigenvalue weighted by Gasteiger charge is -2.08. The van der Waals surface area contributed by atoms with Crippen LogP contribution in [0.4, 0.5) is 5.69 Å². The predicted octanol–water partition coefficient (Wildman–Crippen LogP) is 0.895. The van der Waals surface area contributed by atoms with Gasteiger partial charge in [0, 0.05) is 16.3 Å². The molecular formula is C10H13NO3S. The van der Waals surface area contributed by atoms with E-state index in [4.69, 9.17) is 5.73 Å². The Labute approximate surface area is 92.4 Å². The van der Waals surface area contributed by atoms with Crippen molar-refractivity contribution >= 4 is 23.4 Å². The van der Waals surface area contributed by atoms with Gasteiger partial charge in [0.05, 0.1) is 7.11 Å². The number of hydrogen-bond donors (Lipinski definition) is 2. The van der Waals surface area contributed by atoms with E-state index in [0.29, 0.717) is 5.69 Å². The molecule has 0 aromatic heterocycles. The van der Waals surface area contributed by atoms with Gasteiger partial charge in [-0.3, -0.25) is 0 Å². The summed E-state index contributed by atoms with van der Waals surface area (Å²) in [5.74, 6) is -0.391. The standard InChI is InChI=1S/C10H13NO3S/c1-14-10(13)8(12)6-15-9-5-3-2-4-7(9)11/h2-5,8,12H,6,11H2,1H3. The maximum absolute atomic E-state index is 10.9. The van der Waals surface area contributed by atoms with Gasteiger partial charge >= 0.3 is 5.97 Å². The van der Waals surface area contributed by atoms with Crippen LogP contribution in [0, 0.1) is 0 Å². The van der Waals surface area contributed by atoms with Gasteiger partial charge in [0.15, 0.2) is 6.10 Å². The molecule has 0 saturated carbocycles. The van der Waals surface area contributed by atoms with Gasteiger partial charge < -0.3 is 15.6 Å². The smallest absolute Gasteiger partial charge is 0.335 e. The Morgan fingerprint density at radius 2 is 2.27 bits per heavy atom. The second-order valence-corrected chi connectivity index (χ2v) is 3.95. The number of carbonyl (C=O) groups excluding carboxylic acids is 1. The number of anilines is 1. The number of para-hydroxylation sites is 1.